The van der Waals surface area contributed by atoms with Gasteiger partial charge in [-0.15, -0.1) is 21.5 Å². The zero-order chi connectivity index (χ0) is 20.9. The van der Waals surface area contributed by atoms with E-state index < -0.39 is 0 Å². The number of thiophene rings is 1. The minimum absolute atomic E-state index is 0.152. The van der Waals surface area contributed by atoms with Crippen LogP contribution in [0.3, 0.4) is 0 Å². The molecular formula is C19H26N5O4S+. The van der Waals surface area contributed by atoms with Crippen molar-refractivity contribution < 1.29 is 23.4 Å². The van der Waals surface area contributed by atoms with Crippen LogP contribution in [0.15, 0.2) is 32.5 Å². The number of nitrogens with zero attached hydrogens (tertiary/aromatic N) is 3. The Morgan fingerprint density at radius 2 is 2.17 bits per heavy atom. The molecule has 3 heterocycles. The van der Waals surface area contributed by atoms with Crippen LogP contribution in [0.4, 0.5) is 5.88 Å². The highest BCUT2D eigenvalue weighted by Gasteiger charge is 2.22. The fourth-order valence-electron chi connectivity index (χ4n) is 2.62. The highest BCUT2D eigenvalue weighted by Crippen LogP contribution is 2.24. The van der Waals surface area contributed by atoms with Crippen molar-refractivity contribution in [3.05, 3.63) is 35.2 Å². The Morgan fingerprint density at radius 1 is 1.34 bits per heavy atom. The molecule has 29 heavy (non-hydrogen) atoms. The van der Waals surface area contributed by atoms with Crippen molar-refractivity contribution in [3.63, 3.8) is 0 Å². The Bertz CT molecular complexity index is 913. The molecule has 0 bridgehead atoms. The number of nitrogens with one attached hydrogen (secondary N) is 2. The van der Waals surface area contributed by atoms with Crippen molar-refractivity contribution in [3.8, 4) is 10.8 Å². The first-order valence-electron chi connectivity index (χ1n) is 9.31. The maximum absolute atomic E-state index is 12.5. The molecule has 0 aliphatic heterocycles. The first kappa shape index (κ1) is 21.2. The van der Waals surface area contributed by atoms with E-state index in [-0.39, 0.29) is 17.9 Å². The van der Waals surface area contributed by atoms with Crippen molar-refractivity contribution >= 4 is 23.1 Å². The van der Waals surface area contributed by atoms with E-state index in [1.54, 1.807) is 13.2 Å². The fraction of sp³-hybridized carbons (Fsp3) is 0.474. The van der Waals surface area contributed by atoms with Crippen molar-refractivity contribution in [1.82, 2.24) is 15.4 Å². The average molecular weight is 421 g/mol. The lowest BCUT2D eigenvalue weighted by atomic mass is 9.92. The van der Waals surface area contributed by atoms with E-state index in [1.807, 2.05) is 38.3 Å². The second-order valence-electron chi connectivity index (χ2n) is 7.70. The summed E-state index contributed by atoms with van der Waals surface area (Å²) >= 11 is 1.53. The molecule has 0 spiro atoms. The van der Waals surface area contributed by atoms with E-state index in [0.29, 0.717) is 37.4 Å². The molecule has 3 rings (SSSR count). The third-order valence-corrected chi connectivity index (χ3v) is 5.07. The number of amides is 1. The van der Waals surface area contributed by atoms with Gasteiger partial charge in [-0.2, -0.15) is 0 Å². The predicted octanol–water partition coefficient (Wildman–Crippen LogP) is 1.75. The molecule has 1 amide bonds. The number of carbonyl (C=O) groups excluding carboxylic acids is 1. The van der Waals surface area contributed by atoms with Gasteiger partial charge in [0.2, 0.25) is 5.88 Å². The summed E-state index contributed by atoms with van der Waals surface area (Å²) in [7, 11) is 1.63. The number of anilines is 1. The Hall–Kier alpha value is -2.56. The topological polar surface area (TPSA) is 108 Å². The van der Waals surface area contributed by atoms with Gasteiger partial charge in [-0.1, -0.05) is 32.0 Å². The Morgan fingerprint density at radius 3 is 2.83 bits per heavy atom. The van der Waals surface area contributed by atoms with E-state index in [9.17, 15) is 4.79 Å². The van der Waals surface area contributed by atoms with Gasteiger partial charge in [0.05, 0.1) is 17.2 Å². The predicted molar refractivity (Wildman–Crippen MR) is 108 cm³/mol. The Kier molecular flexibility index (Phi) is 6.78. The summed E-state index contributed by atoms with van der Waals surface area (Å²) in [6, 6.07) is 5.60. The zero-order valence-electron chi connectivity index (χ0n) is 17.0. The zero-order valence-corrected chi connectivity index (χ0v) is 17.8. The largest absolute Gasteiger partial charge is 0.414 e. The quantitative estimate of drug-likeness (QED) is 0.543. The molecule has 3 aromatic rings. The number of quaternary nitrogens is 1. The first-order chi connectivity index (χ1) is 13.8. The minimum atomic E-state index is -0.189. The second kappa shape index (κ2) is 9.29. The molecule has 0 aromatic carbocycles. The van der Waals surface area contributed by atoms with Crippen molar-refractivity contribution in [2.24, 2.45) is 0 Å². The van der Waals surface area contributed by atoms with Gasteiger partial charge < -0.3 is 18.6 Å². The third kappa shape index (κ3) is 5.96. The normalized spacial score (nSPS) is 12.8. The number of rotatable bonds is 9. The summed E-state index contributed by atoms with van der Waals surface area (Å²) in [5.41, 5.74) is 0.629. The summed E-state index contributed by atoms with van der Waals surface area (Å²) < 4.78 is 16.1. The molecular weight excluding hydrogens is 394 g/mol. The van der Waals surface area contributed by atoms with Gasteiger partial charge in [0, 0.05) is 18.6 Å². The lowest BCUT2D eigenvalue weighted by Crippen LogP contribution is -3.12. The van der Waals surface area contributed by atoms with Crippen LogP contribution in [0.25, 0.3) is 10.8 Å². The maximum atomic E-state index is 12.5. The number of aromatic nitrogens is 3. The number of ether oxygens (including phenoxy) is 1. The van der Waals surface area contributed by atoms with Crippen LogP contribution in [-0.4, -0.2) is 48.1 Å². The molecule has 9 nitrogen and oxygen atoms in total. The van der Waals surface area contributed by atoms with Crippen molar-refractivity contribution in [2.75, 3.05) is 32.1 Å². The highest BCUT2D eigenvalue weighted by atomic mass is 32.1. The van der Waals surface area contributed by atoms with Crippen LogP contribution in [0.2, 0.25) is 0 Å². The molecule has 0 aliphatic rings. The van der Waals surface area contributed by atoms with Gasteiger partial charge in [-0.05, 0) is 11.4 Å². The molecule has 0 aliphatic carbocycles. The average Bonchev–Trinajstić information content (AvgIpc) is 3.39. The summed E-state index contributed by atoms with van der Waals surface area (Å²) in [5.74, 6) is 1.11. The van der Waals surface area contributed by atoms with Crippen molar-refractivity contribution in [2.45, 2.75) is 32.7 Å². The SMILES string of the molecule is COCC[NH+](CC(=O)Nc1cc(C(C)(C)C)no1)Cc1nnc(-c2cccs2)o1. The molecule has 0 fully saturated rings. The van der Waals surface area contributed by atoms with Gasteiger partial charge in [-0.25, -0.2) is 0 Å². The van der Waals surface area contributed by atoms with Gasteiger partial charge >= 0.3 is 0 Å². The van der Waals surface area contributed by atoms with Gasteiger partial charge in [-0.3, -0.25) is 10.1 Å². The first-order valence-corrected chi connectivity index (χ1v) is 10.2. The standard InChI is InChI=1S/C19H25N5O4S/c1-19(2,3)14-10-16(28-23-14)20-15(25)11-24(7-8-26-4)12-17-21-22-18(27-17)13-6-5-9-29-13/h5-6,9-10H,7-8,11-12H2,1-4H3,(H,20,25)/p+1. The number of carbonyl (C=O) groups is 1. The summed E-state index contributed by atoms with van der Waals surface area (Å²) in [6.07, 6.45) is 0. The van der Waals surface area contributed by atoms with E-state index in [0.717, 1.165) is 15.5 Å². The second-order valence-corrected chi connectivity index (χ2v) is 8.65. The van der Waals surface area contributed by atoms with Crippen LogP contribution in [-0.2, 0) is 21.5 Å². The van der Waals surface area contributed by atoms with E-state index in [2.05, 4.69) is 20.7 Å². The lowest BCUT2D eigenvalue weighted by molar-refractivity contribution is -0.907. The van der Waals surface area contributed by atoms with Crippen LogP contribution in [0, 0.1) is 0 Å². The molecule has 1 unspecified atom stereocenters. The maximum Gasteiger partial charge on any atom is 0.281 e. The minimum Gasteiger partial charge on any atom is -0.414 e. The van der Waals surface area contributed by atoms with Gasteiger partial charge in [0.15, 0.2) is 13.1 Å². The summed E-state index contributed by atoms with van der Waals surface area (Å²) in [6.45, 7) is 7.82. The van der Waals surface area contributed by atoms with Crippen LogP contribution < -0.4 is 10.2 Å². The molecule has 0 radical (unpaired) electrons. The summed E-state index contributed by atoms with van der Waals surface area (Å²) in [5, 5.41) is 16.9. The molecule has 1 atom stereocenters. The fourth-order valence-corrected chi connectivity index (χ4v) is 3.26. The number of hydrogen-bond donors (Lipinski definition) is 2. The molecule has 0 saturated heterocycles. The van der Waals surface area contributed by atoms with Crippen LogP contribution in [0.5, 0.6) is 0 Å². The Labute approximate surface area is 173 Å². The molecule has 3 aromatic heterocycles. The number of methoxy groups -OCH3 is 1. The van der Waals surface area contributed by atoms with E-state index >= 15 is 0 Å². The van der Waals surface area contributed by atoms with Crippen molar-refractivity contribution in [1.29, 1.82) is 0 Å². The lowest BCUT2D eigenvalue weighted by Gasteiger charge is -2.16. The summed E-state index contributed by atoms with van der Waals surface area (Å²) in [4.78, 5) is 14.3. The molecule has 2 N–H and O–H groups in total. The smallest absolute Gasteiger partial charge is 0.281 e. The molecule has 156 valence electrons. The van der Waals surface area contributed by atoms with E-state index in [4.69, 9.17) is 13.7 Å². The molecule has 10 heteroatoms. The third-order valence-electron chi connectivity index (χ3n) is 4.21. The monoisotopic (exact) mass is 420 g/mol. The van der Waals surface area contributed by atoms with E-state index in [1.165, 1.54) is 11.3 Å². The van der Waals surface area contributed by atoms with Gasteiger partial charge in [0.25, 0.3) is 17.7 Å². The number of hydrogen-bond acceptors (Lipinski definition) is 8. The van der Waals surface area contributed by atoms with Gasteiger partial charge in [0.1, 0.15) is 6.54 Å². The Balaban J connectivity index is 1.61. The highest BCUT2D eigenvalue weighted by molar-refractivity contribution is 7.13. The molecule has 0 saturated carbocycles. The van der Waals surface area contributed by atoms with Crippen LogP contribution in [0.1, 0.15) is 32.4 Å². The van der Waals surface area contributed by atoms with Crippen LogP contribution >= 0.6 is 11.3 Å².